The van der Waals surface area contributed by atoms with Crippen molar-refractivity contribution in [2.45, 2.75) is 32.2 Å². The average Bonchev–Trinajstić information content (AvgIpc) is 2.68. The fourth-order valence-corrected chi connectivity index (χ4v) is 2.21. The molecular formula is C12H22N4. The summed E-state index contributed by atoms with van der Waals surface area (Å²) in [4.78, 5) is 2.19. The maximum Gasteiger partial charge on any atom is 0.0794 e. The summed E-state index contributed by atoms with van der Waals surface area (Å²) in [6, 6.07) is 0. The molecule has 0 saturated carbocycles. The minimum atomic E-state index is 0.902. The molecule has 16 heavy (non-hydrogen) atoms. The summed E-state index contributed by atoms with van der Waals surface area (Å²) >= 11 is 0. The molecule has 0 atom stereocenters. The highest BCUT2D eigenvalue weighted by atomic mass is 15.1. The Labute approximate surface area is 97.4 Å². The van der Waals surface area contributed by atoms with Gasteiger partial charge in [0.25, 0.3) is 0 Å². The number of hydrogen-bond donors (Lipinski definition) is 2. The standard InChI is InChI=1S/C12H22N4/c1-16(2)8-7-13-9-12-10-5-3-4-6-11(10)14-15-12/h13H,3-9H2,1-2H3,(H,14,15). The Balaban J connectivity index is 1.83. The van der Waals surface area contributed by atoms with E-state index in [0.717, 1.165) is 19.6 Å². The van der Waals surface area contributed by atoms with Gasteiger partial charge >= 0.3 is 0 Å². The van der Waals surface area contributed by atoms with E-state index >= 15 is 0 Å². The Kier molecular flexibility index (Phi) is 3.96. The van der Waals surface area contributed by atoms with Crippen LogP contribution in [0.1, 0.15) is 29.8 Å². The number of H-pyrrole nitrogens is 1. The highest BCUT2D eigenvalue weighted by Gasteiger charge is 2.15. The number of fused-ring (bicyclic) bond motifs is 1. The molecule has 1 aromatic rings. The molecular weight excluding hydrogens is 200 g/mol. The van der Waals surface area contributed by atoms with Gasteiger partial charge in [-0.25, -0.2) is 0 Å². The number of likely N-dealkylation sites (N-methyl/N-ethyl adjacent to an activating group) is 1. The van der Waals surface area contributed by atoms with E-state index in [0.29, 0.717) is 0 Å². The van der Waals surface area contributed by atoms with Crippen LogP contribution in [-0.4, -0.2) is 42.3 Å². The van der Waals surface area contributed by atoms with Gasteiger partial charge in [-0.05, 0) is 45.3 Å². The summed E-state index contributed by atoms with van der Waals surface area (Å²) in [6.45, 7) is 3.00. The van der Waals surface area contributed by atoms with Crippen LogP contribution in [0.2, 0.25) is 0 Å². The molecule has 0 saturated heterocycles. The Morgan fingerprint density at radius 3 is 2.94 bits per heavy atom. The molecule has 1 heterocycles. The third kappa shape index (κ3) is 2.83. The first-order valence-electron chi connectivity index (χ1n) is 6.18. The molecule has 2 rings (SSSR count). The van der Waals surface area contributed by atoms with Crippen molar-refractivity contribution in [3.63, 3.8) is 0 Å². The quantitative estimate of drug-likeness (QED) is 0.729. The Hall–Kier alpha value is -0.870. The third-order valence-corrected chi connectivity index (χ3v) is 3.17. The Morgan fingerprint density at radius 2 is 2.12 bits per heavy atom. The van der Waals surface area contributed by atoms with Crippen molar-refractivity contribution in [2.24, 2.45) is 0 Å². The molecule has 2 N–H and O–H groups in total. The lowest BCUT2D eigenvalue weighted by Gasteiger charge is -2.12. The summed E-state index contributed by atoms with van der Waals surface area (Å²) in [5.74, 6) is 0. The number of aryl methyl sites for hydroxylation is 1. The van der Waals surface area contributed by atoms with E-state index in [1.807, 2.05) is 0 Å². The maximum absolute atomic E-state index is 4.41. The monoisotopic (exact) mass is 222 g/mol. The van der Waals surface area contributed by atoms with Gasteiger partial charge in [-0.15, -0.1) is 0 Å². The highest BCUT2D eigenvalue weighted by molar-refractivity contribution is 5.27. The van der Waals surface area contributed by atoms with E-state index in [-0.39, 0.29) is 0 Å². The van der Waals surface area contributed by atoms with E-state index < -0.39 is 0 Å². The van der Waals surface area contributed by atoms with Crippen LogP contribution in [-0.2, 0) is 19.4 Å². The first-order chi connectivity index (χ1) is 7.77. The summed E-state index contributed by atoms with van der Waals surface area (Å²) in [6.07, 6.45) is 5.01. The fraction of sp³-hybridized carbons (Fsp3) is 0.750. The minimum Gasteiger partial charge on any atom is -0.310 e. The smallest absolute Gasteiger partial charge is 0.0794 e. The number of hydrogen-bond acceptors (Lipinski definition) is 3. The van der Waals surface area contributed by atoms with Crippen LogP contribution in [0.15, 0.2) is 0 Å². The van der Waals surface area contributed by atoms with Crippen LogP contribution in [0.25, 0.3) is 0 Å². The lowest BCUT2D eigenvalue weighted by atomic mass is 9.96. The van der Waals surface area contributed by atoms with Crippen molar-refractivity contribution < 1.29 is 0 Å². The molecule has 1 aliphatic rings. The molecule has 0 spiro atoms. The molecule has 1 aliphatic carbocycles. The second-order valence-corrected chi connectivity index (χ2v) is 4.81. The summed E-state index contributed by atoms with van der Waals surface area (Å²) in [5, 5.41) is 11.0. The molecule has 4 heteroatoms. The van der Waals surface area contributed by atoms with Gasteiger partial charge in [0, 0.05) is 25.3 Å². The van der Waals surface area contributed by atoms with E-state index in [1.54, 1.807) is 0 Å². The van der Waals surface area contributed by atoms with Gasteiger partial charge in [-0.3, -0.25) is 5.10 Å². The zero-order valence-electron chi connectivity index (χ0n) is 10.3. The fourth-order valence-electron chi connectivity index (χ4n) is 2.21. The molecule has 0 fully saturated rings. The van der Waals surface area contributed by atoms with Gasteiger partial charge in [0.15, 0.2) is 0 Å². The normalized spacial score (nSPS) is 15.4. The van der Waals surface area contributed by atoms with E-state index in [4.69, 9.17) is 0 Å². The van der Waals surface area contributed by atoms with Crippen molar-refractivity contribution >= 4 is 0 Å². The molecule has 0 radical (unpaired) electrons. The topological polar surface area (TPSA) is 44.0 Å². The van der Waals surface area contributed by atoms with Gasteiger partial charge in [0.2, 0.25) is 0 Å². The second-order valence-electron chi connectivity index (χ2n) is 4.81. The van der Waals surface area contributed by atoms with Crippen molar-refractivity contribution in [2.75, 3.05) is 27.2 Å². The van der Waals surface area contributed by atoms with Crippen molar-refractivity contribution in [1.29, 1.82) is 0 Å². The summed E-state index contributed by atoms with van der Waals surface area (Å²) in [5.41, 5.74) is 4.08. The van der Waals surface area contributed by atoms with Gasteiger partial charge in [0.05, 0.1) is 5.69 Å². The zero-order valence-corrected chi connectivity index (χ0v) is 10.3. The summed E-state index contributed by atoms with van der Waals surface area (Å²) in [7, 11) is 4.19. The molecule has 0 aliphatic heterocycles. The molecule has 0 unspecified atom stereocenters. The molecule has 0 bridgehead atoms. The van der Waals surface area contributed by atoms with Gasteiger partial charge in [-0.1, -0.05) is 0 Å². The minimum absolute atomic E-state index is 0.902. The van der Waals surface area contributed by atoms with Crippen LogP contribution in [0.4, 0.5) is 0 Å². The lowest BCUT2D eigenvalue weighted by Crippen LogP contribution is -2.26. The van der Waals surface area contributed by atoms with E-state index in [1.165, 1.54) is 42.6 Å². The van der Waals surface area contributed by atoms with Gasteiger partial charge < -0.3 is 10.2 Å². The number of nitrogens with zero attached hydrogens (tertiary/aromatic N) is 2. The van der Waals surface area contributed by atoms with Crippen LogP contribution in [0.5, 0.6) is 0 Å². The molecule has 1 aromatic heterocycles. The van der Waals surface area contributed by atoms with Crippen LogP contribution < -0.4 is 5.32 Å². The number of aromatic amines is 1. The van der Waals surface area contributed by atoms with Crippen molar-refractivity contribution in [3.05, 3.63) is 17.0 Å². The number of nitrogens with one attached hydrogen (secondary N) is 2. The number of rotatable bonds is 5. The molecule has 90 valence electrons. The van der Waals surface area contributed by atoms with Gasteiger partial charge in [-0.2, -0.15) is 5.10 Å². The molecule has 0 aromatic carbocycles. The van der Waals surface area contributed by atoms with Crippen LogP contribution in [0.3, 0.4) is 0 Å². The molecule has 0 amide bonds. The summed E-state index contributed by atoms with van der Waals surface area (Å²) < 4.78 is 0. The van der Waals surface area contributed by atoms with Crippen LogP contribution in [0, 0.1) is 0 Å². The largest absolute Gasteiger partial charge is 0.310 e. The van der Waals surface area contributed by atoms with E-state index in [9.17, 15) is 0 Å². The third-order valence-electron chi connectivity index (χ3n) is 3.17. The maximum atomic E-state index is 4.41. The van der Waals surface area contributed by atoms with E-state index in [2.05, 4.69) is 34.5 Å². The zero-order chi connectivity index (χ0) is 11.4. The predicted molar refractivity (Wildman–Crippen MR) is 65.5 cm³/mol. The second kappa shape index (κ2) is 5.46. The first-order valence-corrected chi connectivity index (χ1v) is 6.18. The lowest BCUT2D eigenvalue weighted by molar-refractivity contribution is 0.399. The predicted octanol–water partition coefficient (Wildman–Crippen LogP) is 0.940. The van der Waals surface area contributed by atoms with Crippen LogP contribution >= 0.6 is 0 Å². The Morgan fingerprint density at radius 1 is 1.31 bits per heavy atom. The molecule has 4 nitrogen and oxygen atoms in total. The average molecular weight is 222 g/mol. The number of aromatic nitrogens is 2. The Bertz CT molecular complexity index is 330. The highest BCUT2D eigenvalue weighted by Crippen LogP contribution is 2.21. The first kappa shape index (κ1) is 11.6. The van der Waals surface area contributed by atoms with Gasteiger partial charge in [0.1, 0.15) is 0 Å². The van der Waals surface area contributed by atoms with Crippen molar-refractivity contribution in [3.8, 4) is 0 Å². The SMILES string of the molecule is CN(C)CCNCc1n[nH]c2c1CCCC2. The van der Waals surface area contributed by atoms with Crippen molar-refractivity contribution in [1.82, 2.24) is 20.4 Å².